The minimum atomic E-state index is 1.12. The summed E-state index contributed by atoms with van der Waals surface area (Å²) in [6.45, 7) is 0. The highest BCUT2D eigenvalue weighted by atomic mass is 32.1. The number of benzene rings is 10. The lowest BCUT2D eigenvalue weighted by molar-refractivity contribution is 1.28. The highest BCUT2D eigenvalue weighted by Crippen LogP contribution is 2.51. The Kier molecular flexibility index (Phi) is 6.49. The van der Waals surface area contributed by atoms with Crippen molar-refractivity contribution in [2.24, 2.45) is 0 Å². The second-order valence-electron chi connectivity index (χ2n) is 13.7. The van der Waals surface area contributed by atoms with E-state index in [9.17, 15) is 0 Å². The van der Waals surface area contributed by atoms with Crippen molar-refractivity contribution in [3.05, 3.63) is 188 Å². The lowest BCUT2D eigenvalue weighted by Gasteiger charge is -2.26. The monoisotopic (exact) mass is 677 g/mol. The number of rotatable bonds is 6. The first-order valence-corrected chi connectivity index (χ1v) is 18.7. The molecule has 0 radical (unpaired) electrons. The summed E-state index contributed by atoms with van der Waals surface area (Å²) >= 11 is 1.93. The maximum absolute atomic E-state index is 2.43. The van der Waals surface area contributed by atoms with Crippen LogP contribution in [-0.4, -0.2) is 0 Å². The van der Waals surface area contributed by atoms with Gasteiger partial charge in [0.1, 0.15) is 0 Å². The summed E-state index contributed by atoms with van der Waals surface area (Å²) in [5.74, 6) is 0. The molecule has 10 aromatic carbocycles. The van der Waals surface area contributed by atoms with E-state index in [1.54, 1.807) is 0 Å². The van der Waals surface area contributed by atoms with E-state index in [1.807, 2.05) is 11.3 Å². The minimum Gasteiger partial charge on any atom is -0.311 e. The molecule has 0 bridgehead atoms. The highest BCUT2D eigenvalue weighted by Gasteiger charge is 2.22. The van der Waals surface area contributed by atoms with Gasteiger partial charge >= 0.3 is 0 Å². The summed E-state index contributed by atoms with van der Waals surface area (Å²) in [5.41, 5.74) is 10.8. The van der Waals surface area contributed by atoms with Gasteiger partial charge in [0.25, 0.3) is 0 Å². The molecule has 0 spiro atoms. The van der Waals surface area contributed by atoms with E-state index in [0.29, 0.717) is 0 Å². The number of thiophene rings is 1. The standard InChI is InChI=1S/C50H31NS/c1-3-10-32(11-4-1)33-22-26-40(27-23-33)51(39-15-5-2-6-16-39)41-28-24-34(25-29-41)36-13-7-14-37(30-36)44-31-38-21-20-35-12-8-17-42-43-18-9-19-45-48(43)49(50(44)52-45)47(38)46(35)42/h1-31H. The van der Waals surface area contributed by atoms with E-state index in [1.165, 1.54) is 85.9 Å². The third-order valence-corrected chi connectivity index (χ3v) is 11.9. The van der Waals surface area contributed by atoms with E-state index < -0.39 is 0 Å². The molecule has 52 heavy (non-hydrogen) atoms. The first-order chi connectivity index (χ1) is 25.8. The number of para-hydroxylation sites is 1. The van der Waals surface area contributed by atoms with E-state index in [0.717, 1.165) is 17.1 Å². The molecule has 0 atom stereocenters. The molecule has 0 fully saturated rings. The van der Waals surface area contributed by atoms with Gasteiger partial charge < -0.3 is 4.90 Å². The van der Waals surface area contributed by atoms with Crippen LogP contribution < -0.4 is 4.90 Å². The molecule has 11 aromatic rings. The Balaban J connectivity index is 1.00. The molecule has 0 unspecified atom stereocenters. The summed E-state index contributed by atoms with van der Waals surface area (Å²) in [5, 5.41) is 11.0. The average Bonchev–Trinajstić information content (AvgIpc) is 3.62. The van der Waals surface area contributed by atoms with Crippen LogP contribution in [0.1, 0.15) is 0 Å². The number of hydrogen-bond acceptors (Lipinski definition) is 2. The van der Waals surface area contributed by atoms with Crippen LogP contribution in [0.4, 0.5) is 17.1 Å². The summed E-state index contributed by atoms with van der Waals surface area (Å²) in [4.78, 5) is 2.33. The van der Waals surface area contributed by atoms with Gasteiger partial charge in [-0.15, -0.1) is 11.3 Å². The Labute approximate surface area is 305 Å². The maximum atomic E-state index is 2.43. The van der Waals surface area contributed by atoms with Gasteiger partial charge in [-0.3, -0.25) is 0 Å². The quantitative estimate of drug-likeness (QED) is 0.125. The van der Waals surface area contributed by atoms with Gasteiger partial charge in [0, 0.05) is 42.8 Å². The van der Waals surface area contributed by atoms with Crippen molar-refractivity contribution in [2.45, 2.75) is 0 Å². The van der Waals surface area contributed by atoms with Crippen molar-refractivity contribution in [1.82, 2.24) is 0 Å². The Morgan fingerprint density at radius 3 is 1.63 bits per heavy atom. The third-order valence-electron chi connectivity index (χ3n) is 10.8. The van der Waals surface area contributed by atoms with Crippen LogP contribution in [0.15, 0.2) is 188 Å². The van der Waals surface area contributed by atoms with Gasteiger partial charge in [-0.25, -0.2) is 0 Å². The largest absolute Gasteiger partial charge is 0.311 e. The molecule has 0 aliphatic rings. The van der Waals surface area contributed by atoms with Crippen molar-refractivity contribution >= 4 is 80.9 Å². The van der Waals surface area contributed by atoms with Gasteiger partial charge in [-0.2, -0.15) is 0 Å². The summed E-state index contributed by atoms with van der Waals surface area (Å²) in [6.07, 6.45) is 0. The molecule has 11 rings (SSSR count). The summed E-state index contributed by atoms with van der Waals surface area (Å²) < 4.78 is 2.73. The van der Waals surface area contributed by atoms with Crippen molar-refractivity contribution in [3.63, 3.8) is 0 Å². The normalized spacial score (nSPS) is 11.8. The summed E-state index contributed by atoms with van der Waals surface area (Å²) in [7, 11) is 0. The third kappa shape index (κ3) is 4.48. The lowest BCUT2D eigenvalue weighted by Crippen LogP contribution is -2.09. The number of anilines is 3. The number of hydrogen-bond donors (Lipinski definition) is 0. The Morgan fingerprint density at radius 2 is 0.885 bits per heavy atom. The molecule has 242 valence electrons. The predicted octanol–water partition coefficient (Wildman–Crippen LogP) is 14.9. The molecule has 0 saturated carbocycles. The summed E-state index contributed by atoms with van der Waals surface area (Å²) in [6, 6.07) is 68.8. The second kappa shape index (κ2) is 11.5. The maximum Gasteiger partial charge on any atom is 0.0462 e. The van der Waals surface area contributed by atoms with Crippen LogP contribution in [0.5, 0.6) is 0 Å². The molecule has 2 heteroatoms. The molecule has 0 aliphatic heterocycles. The van der Waals surface area contributed by atoms with E-state index in [4.69, 9.17) is 0 Å². The SMILES string of the molecule is c1ccc(-c2ccc(N(c3ccccc3)c3ccc(-c4cccc(-c5cc6ccc7cccc8c9cccc%10sc5c(c%109)c6c78)c4)cc3)cc2)cc1. The molecule has 0 amide bonds. The lowest BCUT2D eigenvalue weighted by atomic mass is 9.87. The average molecular weight is 678 g/mol. The predicted molar refractivity (Wildman–Crippen MR) is 225 cm³/mol. The van der Waals surface area contributed by atoms with Crippen molar-refractivity contribution < 1.29 is 0 Å². The van der Waals surface area contributed by atoms with Crippen molar-refractivity contribution in [2.75, 3.05) is 4.90 Å². The van der Waals surface area contributed by atoms with Gasteiger partial charge in [-0.1, -0.05) is 133 Å². The van der Waals surface area contributed by atoms with E-state index in [2.05, 4.69) is 193 Å². The smallest absolute Gasteiger partial charge is 0.0462 e. The van der Waals surface area contributed by atoms with Crippen LogP contribution in [0, 0.1) is 0 Å². The van der Waals surface area contributed by atoms with Gasteiger partial charge in [-0.05, 0) is 115 Å². The first-order valence-electron chi connectivity index (χ1n) is 17.8. The first kappa shape index (κ1) is 29.3. The minimum absolute atomic E-state index is 1.12. The van der Waals surface area contributed by atoms with Crippen molar-refractivity contribution in [1.29, 1.82) is 0 Å². The fourth-order valence-corrected chi connectivity index (χ4v) is 9.65. The van der Waals surface area contributed by atoms with Crippen LogP contribution >= 0.6 is 11.3 Å². The molecular formula is C50H31NS. The van der Waals surface area contributed by atoms with E-state index >= 15 is 0 Å². The Hall–Kier alpha value is -6.48. The zero-order valence-electron chi connectivity index (χ0n) is 28.3. The zero-order valence-corrected chi connectivity index (χ0v) is 29.1. The fourth-order valence-electron chi connectivity index (χ4n) is 8.37. The number of nitrogens with zero attached hydrogens (tertiary/aromatic N) is 1. The fraction of sp³-hybridized carbons (Fsp3) is 0. The van der Waals surface area contributed by atoms with Crippen LogP contribution in [0.3, 0.4) is 0 Å². The second-order valence-corrected chi connectivity index (χ2v) is 14.7. The van der Waals surface area contributed by atoms with Gasteiger partial charge in [0.15, 0.2) is 0 Å². The zero-order chi connectivity index (χ0) is 34.2. The molecule has 1 nitrogen and oxygen atoms in total. The van der Waals surface area contributed by atoms with Crippen LogP contribution in [-0.2, 0) is 0 Å². The van der Waals surface area contributed by atoms with Gasteiger partial charge in [0.2, 0.25) is 0 Å². The molecular weight excluding hydrogens is 647 g/mol. The Bertz CT molecular complexity index is 3030. The van der Waals surface area contributed by atoms with Crippen LogP contribution in [0.2, 0.25) is 0 Å². The number of fused-ring (bicyclic) bond motifs is 1. The molecule has 1 heterocycles. The topological polar surface area (TPSA) is 3.24 Å². The molecule has 0 saturated heterocycles. The Morgan fingerprint density at radius 1 is 0.327 bits per heavy atom. The van der Waals surface area contributed by atoms with Gasteiger partial charge in [0.05, 0.1) is 0 Å². The molecule has 1 aromatic heterocycles. The molecule has 0 N–H and O–H groups in total. The van der Waals surface area contributed by atoms with Crippen LogP contribution in [0.25, 0.3) is 85.9 Å². The highest BCUT2D eigenvalue weighted by molar-refractivity contribution is 7.26. The van der Waals surface area contributed by atoms with E-state index in [-0.39, 0.29) is 0 Å². The molecule has 0 aliphatic carbocycles. The van der Waals surface area contributed by atoms with Crippen molar-refractivity contribution in [3.8, 4) is 33.4 Å².